The van der Waals surface area contributed by atoms with Gasteiger partial charge in [-0.3, -0.25) is 4.79 Å². The standard InChI is InChI=1S/C13H15Cl2NO3/c14-9-2-1-8(5-10(9)15)6-13(18)16-11-7-19-4-3-12(11)17/h1-2,5,11-12,17H,3-4,6-7H2,(H,16,18)/t11-,12-/m1/s1. The van der Waals surface area contributed by atoms with Crippen LogP contribution in [0.25, 0.3) is 0 Å². The highest BCUT2D eigenvalue weighted by Crippen LogP contribution is 2.22. The number of amides is 1. The first-order valence-corrected chi connectivity index (χ1v) is 6.81. The van der Waals surface area contributed by atoms with Crippen LogP contribution in [-0.2, 0) is 16.0 Å². The summed E-state index contributed by atoms with van der Waals surface area (Å²) in [6.45, 7) is 0.870. The second-order valence-corrected chi connectivity index (χ2v) is 5.34. The van der Waals surface area contributed by atoms with E-state index in [0.29, 0.717) is 29.7 Å². The summed E-state index contributed by atoms with van der Waals surface area (Å²) in [5.74, 6) is -0.173. The van der Waals surface area contributed by atoms with Crippen molar-refractivity contribution in [2.45, 2.75) is 25.0 Å². The third kappa shape index (κ3) is 4.08. The lowest BCUT2D eigenvalue weighted by molar-refractivity contribution is -0.124. The van der Waals surface area contributed by atoms with Gasteiger partial charge in [-0.2, -0.15) is 0 Å². The van der Waals surface area contributed by atoms with Gasteiger partial charge in [-0.25, -0.2) is 0 Å². The van der Waals surface area contributed by atoms with Crippen LogP contribution in [0.4, 0.5) is 0 Å². The number of aliphatic hydroxyl groups excluding tert-OH is 1. The molecule has 19 heavy (non-hydrogen) atoms. The van der Waals surface area contributed by atoms with Gasteiger partial charge in [0.1, 0.15) is 0 Å². The number of carbonyl (C=O) groups is 1. The summed E-state index contributed by atoms with van der Waals surface area (Å²) in [5, 5.41) is 13.4. The van der Waals surface area contributed by atoms with E-state index in [1.54, 1.807) is 18.2 Å². The van der Waals surface area contributed by atoms with Crippen LogP contribution in [0.1, 0.15) is 12.0 Å². The molecule has 1 saturated heterocycles. The predicted octanol–water partition coefficient (Wildman–Crippen LogP) is 1.80. The number of ether oxygens (including phenoxy) is 1. The Balaban J connectivity index is 1.91. The summed E-state index contributed by atoms with van der Waals surface area (Å²) in [7, 11) is 0. The van der Waals surface area contributed by atoms with Crippen LogP contribution in [0.2, 0.25) is 10.0 Å². The van der Waals surface area contributed by atoms with Crippen molar-refractivity contribution in [2.75, 3.05) is 13.2 Å². The highest BCUT2D eigenvalue weighted by atomic mass is 35.5. The highest BCUT2D eigenvalue weighted by Gasteiger charge is 2.25. The molecule has 104 valence electrons. The molecule has 0 spiro atoms. The van der Waals surface area contributed by atoms with Crippen molar-refractivity contribution in [3.8, 4) is 0 Å². The molecular formula is C13H15Cl2NO3. The number of rotatable bonds is 3. The molecular weight excluding hydrogens is 289 g/mol. The summed E-state index contributed by atoms with van der Waals surface area (Å²) < 4.78 is 5.23. The van der Waals surface area contributed by atoms with Crippen LogP contribution in [-0.4, -0.2) is 36.4 Å². The number of hydrogen-bond donors (Lipinski definition) is 2. The van der Waals surface area contributed by atoms with Crippen molar-refractivity contribution >= 4 is 29.1 Å². The van der Waals surface area contributed by atoms with Crippen molar-refractivity contribution in [3.05, 3.63) is 33.8 Å². The lowest BCUT2D eigenvalue weighted by Crippen LogP contribution is -2.49. The first kappa shape index (κ1) is 14.6. The van der Waals surface area contributed by atoms with Gasteiger partial charge in [-0.05, 0) is 24.1 Å². The topological polar surface area (TPSA) is 58.6 Å². The molecule has 0 saturated carbocycles. The average Bonchev–Trinajstić information content (AvgIpc) is 2.37. The minimum Gasteiger partial charge on any atom is -0.391 e. The molecule has 0 radical (unpaired) electrons. The molecule has 4 nitrogen and oxygen atoms in total. The molecule has 1 aromatic rings. The fourth-order valence-electron chi connectivity index (χ4n) is 1.96. The van der Waals surface area contributed by atoms with Gasteiger partial charge in [0, 0.05) is 6.61 Å². The van der Waals surface area contributed by atoms with E-state index in [-0.39, 0.29) is 18.4 Å². The SMILES string of the molecule is O=C(Cc1ccc(Cl)c(Cl)c1)N[C@@H]1COCC[C@H]1O. The molecule has 0 aromatic heterocycles. The second kappa shape index (κ2) is 6.57. The lowest BCUT2D eigenvalue weighted by Gasteiger charge is -2.28. The van der Waals surface area contributed by atoms with Gasteiger partial charge in [0.2, 0.25) is 5.91 Å². The van der Waals surface area contributed by atoms with Crippen LogP contribution >= 0.6 is 23.2 Å². The fourth-order valence-corrected chi connectivity index (χ4v) is 2.28. The maximum Gasteiger partial charge on any atom is 0.224 e. The van der Waals surface area contributed by atoms with Gasteiger partial charge in [0.15, 0.2) is 0 Å². The maximum atomic E-state index is 11.9. The monoisotopic (exact) mass is 303 g/mol. The zero-order valence-electron chi connectivity index (χ0n) is 10.2. The van der Waals surface area contributed by atoms with Crippen molar-refractivity contribution < 1.29 is 14.6 Å². The molecule has 6 heteroatoms. The van der Waals surface area contributed by atoms with Gasteiger partial charge >= 0.3 is 0 Å². The summed E-state index contributed by atoms with van der Waals surface area (Å²) >= 11 is 11.7. The summed E-state index contributed by atoms with van der Waals surface area (Å²) in [6, 6.07) is 4.73. The van der Waals surface area contributed by atoms with E-state index in [4.69, 9.17) is 27.9 Å². The van der Waals surface area contributed by atoms with Gasteiger partial charge in [-0.1, -0.05) is 29.3 Å². The molecule has 1 amide bonds. The number of nitrogens with one attached hydrogen (secondary N) is 1. The molecule has 1 heterocycles. The Hall–Kier alpha value is -0.810. The van der Waals surface area contributed by atoms with Crippen molar-refractivity contribution in [1.29, 1.82) is 0 Å². The van der Waals surface area contributed by atoms with Crippen LogP contribution in [0.5, 0.6) is 0 Å². The summed E-state index contributed by atoms with van der Waals surface area (Å²) in [5.41, 5.74) is 0.776. The number of aliphatic hydroxyl groups is 1. The van der Waals surface area contributed by atoms with E-state index in [1.165, 1.54) is 0 Å². The first-order chi connectivity index (χ1) is 9.06. The van der Waals surface area contributed by atoms with Crippen LogP contribution < -0.4 is 5.32 Å². The van der Waals surface area contributed by atoms with E-state index >= 15 is 0 Å². The Morgan fingerprint density at radius 1 is 1.42 bits per heavy atom. The molecule has 1 aliphatic heterocycles. The molecule has 2 atom stereocenters. The summed E-state index contributed by atoms with van der Waals surface area (Å²) in [4.78, 5) is 11.9. The Labute approximate surface area is 121 Å². The highest BCUT2D eigenvalue weighted by molar-refractivity contribution is 6.42. The maximum absolute atomic E-state index is 11.9. The number of carbonyl (C=O) groups excluding carboxylic acids is 1. The summed E-state index contributed by atoms with van der Waals surface area (Å²) in [6.07, 6.45) is 0.184. The van der Waals surface area contributed by atoms with Gasteiger partial charge in [0.05, 0.1) is 35.2 Å². The van der Waals surface area contributed by atoms with Crippen molar-refractivity contribution in [1.82, 2.24) is 5.32 Å². The zero-order chi connectivity index (χ0) is 13.8. The minimum atomic E-state index is -0.550. The van der Waals surface area contributed by atoms with Crippen LogP contribution in [0.15, 0.2) is 18.2 Å². The third-order valence-corrected chi connectivity index (χ3v) is 3.75. The van der Waals surface area contributed by atoms with Crippen LogP contribution in [0, 0.1) is 0 Å². The van der Waals surface area contributed by atoms with Gasteiger partial charge in [-0.15, -0.1) is 0 Å². The molecule has 1 fully saturated rings. The second-order valence-electron chi connectivity index (χ2n) is 4.53. The van der Waals surface area contributed by atoms with E-state index in [2.05, 4.69) is 5.32 Å². The molecule has 2 N–H and O–H groups in total. The largest absolute Gasteiger partial charge is 0.391 e. The van der Waals surface area contributed by atoms with E-state index in [1.807, 2.05) is 0 Å². The fraction of sp³-hybridized carbons (Fsp3) is 0.462. The van der Waals surface area contributed by atoms with Crippen LogP contribution in [0.3, 0.4) is 0 Å². The molecule has 0 unspecified atom stereocenters. The molecule has 2 rings (SSSR count). The van der Waals surface area contributed by atoms with Crippen molar-refractivity contribution in [2.24, 2.45) is 0 Å². The quantitative estimate of drug-likeness (QED) is 0.895. The molecule has 1 aromatic carbocycles. The number of halogens is 2. The van der Waals surface area contributed by atoms with E-state index in [0.717, 1.165) is 5.56 Å². The van der Waals surface area contributed by atoms with E-state index in [9.17, 15) is 9.90 Å². The van der Waals surface area contributed by atoms with E-state index < -0.39 is 6.10 Å². The Morgan fingerprint density at radius 2 is 2.21 bits per heavy atom. The normalized spacial score (nSPS) is 23.1. The first-order valence-electron chi connectivity index (χ1n) is 6.05. The Kier molecular flexibility index (Phi) is 5.05. The average molecular weight is 304 g/mol. The zero-order valence-corrected chi connectivity index (χ0v) is 11.7. The lowest BCUT2D eigenvalue weighted by atomic mass is 10.1. The predicted molar refractivity (Wildman–Crippen MR) is 73.5 cm³/mol. The number of hydrogen-bond acceptors (Lipinski definition) is 3. The van der Waals surface area contributed by atoms with Crippen molar-refractivity contribution in [3.63, 3.8) is 0 Å². The van der Waals surface area contributed by atoms with Gasteiger partial charge in [0.25, 0.3) is 0 Å². The Morgan fingerprint density at radius 3 is 2.89 bits per heavy atom. The van der Waals surface area contributed by atoms with Gasteiger partial charge < -0.3 is 15.2 Å². The number of benzene rings is 1. The minimum absolute atomic E-state index is 0.173. The molecule has 0 bridgehead atoms. The third-order valence-electron chi connectivity index (χ3n) is 3.01. The molecule has 1 aliphatic rings. The smallest absolute Gasteiger partial charge is 0.224 e. The molecule has 0 aliphatic carbocycles. The Bertz CT molecular complexity index is 467.